The maximum Gasteiger partial charge on any atom is 0.408 e. The molecule has 3 atom stereocenters. The first-order valence-corrected chi connectivity index (χ1v) is 14.1. The number of aromatic nitrogens is 1. The van der Waals surface area contributed by atoms with Crippen molar-refractivity contribution in [2.24, 2.45) is 5.41 Å². The molecule has 216 valence electrons. The van der Waals surface area contributed by atoms with E-state index in [1.54, 1.807) is 18.0 Å². The van der Waals surface area contributed by atoms with Crippen molar-refractivity contribution in [3.63, 3.8) is 0 Å². The van der Waals surface area contributed by atoms with E-state index in [2.05, 4.69) is 15.6 Å². The second kappa shape index (κ2) is 12.9. The standard InChI is InChI=1S/C32H38N4O5/c1-5-6-15-26(28(37)29(38)34-21(2)22-12-8-7-9-13-22)35-31(40)41-27-19-36(20-32(27,3)4)30(39)24-17-23-14-10-11-16-25(23)33-18-24/h7-14,16-18,21,26-27H,5-6,15,19-20H2,1-4H3,(H,34,38)(H,35,40)/t21-,26+,27-/m1/s1. The number of ether oxygens (including phenoxy) is 1. The molecule has 0 bridgehead atoms. The minimum atomic E-state index is -1.02. The van der Waals surface area contributed by atoms with Crippen molar-refractivity contribution in [3.8, 4) is 0 Å². The molecule has 1 aliphatic heterocycles. The van der Waals surface area contributed by atoms with Gasteiger partial charge < -0.3 is 20.3 Å². The highest BCUT2D eigenvalue weighted by molar-refractivity contribution is 6.38. The molecule has 2 N–H and O–H groups in total. The third-order valence-corrected chi connectivity index (χ3v) is 7.56. The van der Waals surface area contributed by atoms with Gasteiger partial charge in [0.2, 0.25) is 5.78 Å². The summed E-state index contributed by atoms with van der Waals surface area (Å²) < 4.78 is 5.76. The van der Waals surface area contributed by atoms with Crippen LogP contribution in [0.25, 0.3) is 10.9 Å². The predicted octanol–water partition coefficient (Wildman–Crippen LogP) is 4.82. The molecule has 0 saturated carbocycles. The average molecular weight is 559 g/mol. The van der Waals surface area contributed by atoms with Crippen LogP contribution in [0.4, 0.5) is 4.79 Å². The quantitative estimate of drug-likeness (QED) is 0.345. The van der Waals surface area contributed by atoms with Gasteiger partial charge in [-0.25, -0.2) is 4.79 Å². The molecule has 9 nitrogen and oxygen atoms in total. The lowest BCUT2D eigenvalue weighted by Gasteiger charge is -2.26. The van der Waals surface area contributed by atoms with Crippen molar-refractivity contribution in [1.29, 1.82) is 0 Å². The van der Waals surface area contributed by atoms with Gasteiger partial charge in [-0.05, 0) is 31.0 Å². The summed E-state index contributed by atoms with van der Waals surface area (Å²) in [5, 5.41) is 6.22. The summed E-state index contributed by atoms with van der Waals surface area (Å²) in [6, 6.07) is 17.3. The molecule has 0 aliphatic carbocycles. The van der Waals surface area contributed by atoms with E-state index in [9.17, 15) is 19.2 Å². The summed E-state index contributed by atoms with van der Waals surface area (Å²) >= 11 is 0. The van der Waals surface area contributed by atoms with E-state index < -0.39 is 35.3 Å². The number of unbranched alkanes of at least 4 members (excludes halogenated alkanes) is 1. The Hall–Kier alpha value is -4.27. The molecule has 1 fully saturated rings. The SMILES string of the molecule is CCCC[C@H](NC(=O)O[C@@H]1CN(C(=O)c2cnc3ccccc3c2)CC1(C)C)C(=O)C(=O)N[C@H](C)c1ccccc1. The zero-order valence-corrected chi connectivity index (χ0v) is 24.1. The molecule has 1 aromatic heterocycles. The molecule has 9 heteroatoms. The van der Waals surface area contributed by atoms with Gasteiger partial charge in [-0.2, -0.15) is 0 Å². The number of carbonyl (C=O) groups is 4. The first kappa shape index (κ1) is 29.7. The van der Waals surface area contributed by atoms with E-state index in [-0.39, 0.29) is 18.5 Å². The Morgan fingerprint density at radius 1 is 1.05 bits per heavy atom. The zero-order chi connectivity index (χ0) is 29.6. The van der Waals surface area contributed by atoms with Crippen LogP contribution in [-0.2, 0) is 14.3 Å². The highest BCUT2D eigenvalue weighted by atomic mass is 16.6. The summed E-state index contributed by atoms with van der Waals surface area (Å²) in [5.41, 5.74) is 1.61. The summed E-state index contributed by atoms with van der Waals surface area (Å²) in [6.07, 6.45) is 1.92. The number of pyridine rings is 1. The number of hydrogen-bond acceptors (Lipinski definition) is 6. The van der Waals surface area contributed by atoms with Crippen LogP contribution in [0, 0.1) is 5.41 Å². The second-order valence-electron chi connectivity index (χ2n) is 11.3. The zero-order valence-electron chi connectivity index (χ0n) is 24.1. The van der Waals surface area contributed by atoms with Crippen LogP contribution in [0.2, 0.25) is 0 Å². The molecule has 1 aliphatic rings. The molecular weight excluding hydrogens is 520 g/mol. The van der Waals surface area contributed by atoms with Crippen molar-refractivity contribution in [2.75, 3.05) is 13.1 Å². The van der Waals surface area contributed by atoms with Gasteiger partial charge in [0, 0.05) is 23.5 Å². The number of likely N-dealkylation sites (tertiary alicyclic amines) is 1. The van der Waals surface area contributed by atoms with Crippen LogP contribution in [0.3, 0.4) is 0 Å². The van der Waals surface area contributed by atoms with E-state index in [0.717, 1.165) is 22.9 Å². The van der Waals surface area contributed by atoms with E-state index >= 15 is 0 Å². The number of hydrogen-bond donors (Lipinski definition) is 2. The lowest BCUT2D eigenvalue weighted by molar-refractivity contribution is -0.139. The van der Waals surface area contributed by atoms with Crippen LogP contribution in [0.15, 0.2) is 66.9 Å². The van der Waals surface area contributed by atoms with E-state index in [0.29, 0.717) is 24.9 Å². The largest absolute Gasteiger partial charge is 0.444 e. The van der Waals surface area contributed by atoms with Gasteiger partial charge in [0.05, 0.1) is 23.7 Å². The Balaban J connectivity index is 1.38. The molecule has 0 spiro atoms. The highest BCUT2D eigenvalue weighted by Gasteiger charge is 2.44. The maximum atomic E-state index is 13.3. The number of nitrogens with zero attached hydrogens (tertiary/aromatic N) is 2. The number of Topliss-reactive ketones (excluding diaryl/α,β-unsaturated/α-hetero) is 1. The van der Waals surface area contributed by atoms with Crippen LogP contribution >= 0.6 is 0 Å². The van der Waals surface area contributed by atoms with Crippen LogP contribution in [0.5, 0.6) is 0 Å². The molecule has 41 heavy (non-hydrogen) atoms. The minimum Gasteiger partial charge on any atom is -0.444 e. The van der Waals surface area contributed by atoms with E-state index in [1.165, 1.54) is 0 Å². The molecule has 3 amide bonds. The number of alkyl carbamates (subject to hydrolysis) is 1. The summed E-state index contributed by atoms with van der Waals surface area (Å²) in [4.78, 5) is 58.2. The Labute approximate surface area is 240 Å². The third kappa shape index (κ3) is 7.28. The van der Waals surface area contributed by atoms with Crippen LogP contribution in [0.1, 0.15) is 68.9 Å². The Bertz CT molecular complexity index is 1410. The van der Waals surface area contributed by atoms with Crippen LogP contribution in [-0.4, -0.2) is 58.8 Å². The van der Waals surface area contributed by atoms with Crippen molar-refractivity contribution >= 4 is 34.6 Å². The lowest BCUT2D eigenvalue weighted by atomic mass is 9.90. The van der Waals surface area contributed by atoms with Crippen molar-refractivity contribution in [1.82, 2.24) is 20.5 Å². The predicted molar refractivity (Wildman–Crippen MR) is 156 cm³/mol. The monoisotopic (exact) mass is 558 g/mol. The number of fused-ring (bicyclic) bond motifs is 1. The number of para-hydroxylation sites is 1. The fourth-order valence-corrected chi connectivity index (χ4v) is 5.06. The molecule has 0 unspecified atom stereocenters. The van der Waals surface area contributed by atoms with Crippen LogP contribution < -0.4 is 10.6 Å². The first-order valence-electron chi connectivity index (χ1n) is 14.1. The Morgan fingerprint density at radius 3 is 2.49 bits per heavy atom. The first-order chi connectivity index (χ1) is 19.6. The van der Waals surface area contributed by atoms with Gasteiger partial charge in [-0.3, -0.25) is 19.4 Å². The topological polar surface area (TPSA) is 118 Å². The van der Waals surface area contributed by atoms with Gasteiger partial charge in [-0.1, -0.05) is 82.1 Å². The van der Waals surface area contributed by atoms with Gasteiger partial charge in [-0.15, -0.1) is 0 Å². The molecule has 3 aromatic rings. The molecule has 1 saturated heterocycles. The number of benzene rings is 2. The third-order valence-electron chi connectivity index (χ3n) is 7.56. The number of carbonyl (C=O) groups excluding carboxylic acids is 4. The van der Waals surface area contributed by atoms with E-state index in [4.69, 9.17) is 4.74 Å². The van der Waals surface area contributed by atoms with E-state index in [1.807, 2.05) is 81.4 Å². The maximum absolute atomic E-state index is 13.3. The normalized spacial score (nSPS) is 17.5. The Morgan fingerprint density at radius 2 is 1.76 bits per heavy atom. The lowest BCUT2D eigenvalue weighted by Crippen LogP contribution is -2.49. The minimum absolute atomic E-state index is 0.192. The van der Waals surface area contributed by atoms with Gasteiger partial charge in [0.1, 0.15) is 12.1 Å². The highest BCUT2D eigenvalue weighted by Crippen LogP contribution is 2.33. The number of amides is 3. The molecule has 2 aromatic carbocycles. The summed E-state index contributed by atoms with van der Waals surface area (Å²) in [6.45, 7) is 8.20. The molecule has 2 heterocycles. The summed E-state index contributed by atoms with van der Waals surface area (Å²) in [7, 11) is 0. The Kier molecular flexibility index (Phi) is 9.37. The fourth-order valence-electron chi connectivity index (χ4n) is 5.06. The second-order valence-corrected chi connectivity index (χ2v) is 11.3. The van der Waals surface area contributed by atoms with Crippen molar-refractivity contribution in [3.05, 3.63) is 78.0 Å². The molecule has 4 rings (SSSR count). The van der Waals surface area contributed by atoms with Gasteiger partial charge in [0.25, 0.3) is 11.8 Å². The number of ketones is 1. The van der Waals surface area contributed by atoms with Crippen molar-refractivity contribution in [2.45, 2.75) is 65.1 Å². The van der Waals surface area contributed by atoms with Gasteiger partial charge in [0.15, 0.2) is 0 Å². The average Bonchev–Trinajstić information content (AvgIpc) is 3.27. The molecular formula is C32H38N4O5. The number of rotatable bonds is 10. The van der Waals surface area contributed by atoms with Gasteiger partial charge >= 0.3 is 6.09 Å². The smallest absolute Gasteiger partial charge is 0.408 e. The fraction of sp³-hybridized carbons (Fsp3) is 0.406. The van der Waals surface area contributed by atoms with Crippen molar-refractivity contribution < 1.29 is 23.9 Å². The summed E-state index contributed by atoms with van der Waals surface area (Å²) in [5.74, 6) is -1.67. The number of nitrogens with one attached hydrogen (secondary N) is 2. The molecule has 0 radical (unpaired) electrons.